The molecule has 0 aliphatic carbocycles. The van der Waals surface area contributed by atoms with E-state index < -0.39 is 30.1 Å². The van der Waals surface area contributed by atoms with Crippen molar-refractivity contribution in [2.75, 3.05) is 19.6 Å². The molecule has 0 aromatic carbocycles. The summed E-state index contributed by atoms with van der Waals surface area (Å²) in [4.78, 5) is 25.2. The van der Waals surface area contributed by atoms with Gasteiger partial charge >= 0.3 is 18.0 Å². The molecule has 0 bridgehead atoms. The van der Waals surface area contributed by atoms with Crippen LogP contribution in [0.1, 0.15) is 20.3 Å². The van der Waals surface area contributed by atoms with Crippen LogP contribution in [-0.4, -0.2) is 59.5 Å². The number of likely N-dealkylation sites (N-methyl/N-ethyl adjacent to an activating group) is 1. The van der Waals surface area contributed by atoms with Crippen LogP contribution >= 0.6 is 0 Å². The predicted octanol–water partition coefficient (Wildman–Crippen LogP) is 0.345. The number of halogens is 3. The van der Waals surface area contributed by atoms with Gasteiger partial charge in [0.1, 0.15) is 6.04 Å². The molecule has 2 atom stereocenters. The lowest BCUT2D eigenvalue weighted by Crippen LogP contribution is -2.64. The zero-order valence-corrected chi connectivity index (χ0v) is 10.9. The van der Waals surface area contributed by atoms with Crippen molar-refractivity contribution in [3.8, 4) is 0 Å². The number of piperazine rings is 1. The Morgan fingerprint density at radius 2 is 1.79 bits per heavy atom. The molecule has 8 heteroatoms. The lowest BCUT2D eigenvalue weighted by Gasteiger charge is -2.40. The second-order valence-corrected chi connectivity index (χ2v) is 4.44. The van der Waals surface area contributed by atoms with E-state index in [4.69, 9.17) is 5.73 Å². The molecule has 110 valence electrons. The Morgan fingerprint density at radius 1 is 1.21 bits per heavy atom. The summed E-state index contributed by atoms with van der Waals surface area (Å²) in [5.74, 6) is -2.02. The van der Waals surface area contributed by atoms with Crippen molar-refractivity contribution in [3.63, 3.8) is 0 Å². The summed E-state index contributed by atoms with van der Waals surface area (Å²) in [5, 5.41) is 0. The largest absolute Gasteiger partial charge is 0.410 e. The third-order valence-corrected chi connectivity index (χ3v) is 3.27. The van der Waals surface area contributed by atoms with E-state index in [-0.39, 0.29) is 19.5 Å². The van der Waals surface area contributed by atoms with E-state index in [1.165, 1.54) is 11.8 Å². The molecule has 1 saturated heterocycles. The van der Waals surface area contributed by atoms with Gasteiger partial charge in [-0.15, -0.1) is 0 Å². The third kappa shape index (κ3) is 3.17. The standard InChI is InChI=1S/C11H18F3N3O2/c1-3-7(15)8(11(12,13)14)17-6-5-16(4-2)9(18)10(17)19/h7-8H,3-6,15H2,1-2H3. The fourth-order valence-electron chi connectivity index (χ4n) is 2.13. The predicted molar refractivity (Wildman–Crippen MR) is 62.1 cm³/mol. The summed E-state index contributed by atoms with van der Waals surface area (Å²) < 4.78 is 39.1. The molecular formula is C11H18F3N3O2. The van der Waals surface area contributed by atoms with Gasteiger partial charge in [-0.1, -0.05) is 6.92 Å². The Morgan fingerprint density at radius 3 is 2.21 bits per heavy atom. The molecule has 0 aromatic rings. The molecule has 2 amide bonds. The number of hydrogen-bond acceptors (Lipinski definition) is 3. The van der Waals surface area contributed by atoms with Crippen molar-refractivity contribution in [2.24, 2.45) is 5.73 Å². The van der Waals surface area contributed by atoms with Crippen LogP contribution in [-0.2, 0) is 9.59 Å². The van der Waals surface area contributed by atoms with Crippen molar-refractivity contribution >= 4 is 11.8 Å². The number of amides is 2. The van der Waals surface area contributed by atoms with Crippen LogP contribution in [0.4, 0.5) is 13.2 Å². The smallest absolute Gasteiger partial charge is 0.333 e. The Bertz CT molecular complexity index is 360. The summed E-state index contributed by atoms with van der Waals surface area (Å²) in [5.41, 5.74) is 5.47. The molecule has 2 unspecified atom stereocenters. The normalized spacial score (nSPS) is 20.7. The van der Waals surface area contributed by atoms with E-state index in [1.807, 2.05) is 0 Å². The van der Waals surface area contributed by atoms with Crippen LogP contribution in [0, 0.1) is 0 Å². The molecule has 0 radical (unpaired) electrons. The van der Waals surface area contributed by atoms with Crippen LogP contribution in [0.3, 0.4) is 0 Å². The highest BCUT2D eigenvalue weighted by Gasteiger charge is 2.51. The first-order chi connectivity index (χ1) is 8.73. The summed E-state index contributed by atoms with van der Waals surface area (Å²) >= 11 is 0. The minimum absolute atomic E-state index is 0.0691. The van der Waals surface area contributed by atoms with E-state index in [0.29, 0.717) is 11.4 Å². The summed E-state index contributed by atoms with van der Waals surface area (Å²) in [6.45, 7) is 3.44. The van der Waals surface area contributed by atoms with E-state index >= 15 is 0 Å². The molecule has 1 aliphatic rings. The molecular weight excluding hydrogens is 263 g/mol. The maximum atomic E-state index is 13.0. The van der Waals surface area contributed by atoms with Crippen LogP contribution < -0.4 is 5.73 Å². The van der Waals surface area contributed by atoms with Crippen molar-refractivity contribution in [2.45, 2.75) is 38.5 Å². The molecule has 1 fully saturated rings. The van der Waals surface area contributed by atoms with Crippen LogP contribution in [0.15, 0.2) is 0 Å². The van der Waals surface area contributed by atoms with Crippen molar-refractivity contribution < 1.29 is 22.8 Å². The molecule has 0 saturated carbocycles. The lowest BCUT2D eigenvalue weighted by molar-refractivity contribution is -0.199. The number of nitrogens with two attached hydrogens (primary N) is 1. The molecule has 1 rings (SSSR count). The number of hydrogen-bond donors (Lipinski definition) is 1. The summed E-state index contributed by atoms with van der Waals surface area (Å²) in [6, 6.07) is -3.34. The van der Waals surface area contributed by atoms with Gasteiger partial charge in [-0.2, -0.15) is 13.2 Å². The highest BCUT2D eigenvalue weighted by Crippen LogP contribution is 2.29. The minimum atomic E-state index is -4.64. The molecule has 5 nitrogen and oxygen atoms in total. The Kier molecular flexibility index (Phi) is 4.78. The van der Waals surface area contributed by atoms with E-state index in [1.54, 1.807) is 6.92 Å². The molecule has 19 heavy (non-hydrogen) atoms. The number of alkyl halides is 3. The van der Waals surface area contributed by atoms with Gasteiger partial charge < -0.3 is 15.5 Å². The van der Waals surface area contributed by atoms with Crippen molar-refractivity contribution in [1.29, 1.82) is 0 Å². The van der Waals surface area contributed by atoms with E-state index in [0.717, 1.165) is 0 Å². The fourth-order valence-corrected chi connectivity index (χ4v) is 2.13. The van der Waals surface area contributed by atoms with Gasteiger partial charge in [0.05, 0.1) is 0 Å². The van der Waals surface area contributed by atoms with Gasteiger partial charge in [0.2, 0.25) is 0 Å². The average molecular weight is 281 g/mol. The molecule has 1 heterocycles. The number of rotatable bonds is 4. The first-order valence-corrected chi connectivity index (χ1v) is 6.16. The summed E-state index contributed by atoms with van der Waals surface area (Å²) in [6.07, 6.45) is -4.57. The Labute approximate surface area is 109 Å². The SMILES string of the molecule is CCC(N)C(N1CCN(CC)C(=O)C1=O)C(F)(F)F. The topological polar surface area (TPSA) is 66.6 Å². The maximum absolute atomic E-state index is 13.0. The zero-order valence-electron chi connectivity index (χ0n) is 10.9. The van der Waals surface area contributed by atoms with Gasteiger partial charge in [-0.25, -0.2) is 0 Å². The zero-order chi connectivity index (χ0) is 14.8. The molecule has 0 aromatic heterocycles. The van der Waals surface area contributed by atoms with Gasteiger partial charge in [-0.3, -0.25) is 9.59 Å². The minimum Gasteiger partial charge on any atom is -0.333 e. The van der Waals surface area contributed by atoms with E-state index in [9.17, 15) is 22.8 Å². The molecule has 2 N–H and O–H groups in total. The Hall–Kier alpha value is -1.31. The monoisotopic (exact) mass is 281 g/mol. The molecule has 0 spiro atoms. The van der Waals surface area contributed by atoms with Crippen molar-refractivity contribution in [1.82, 2.24) is 9.80 Å². The van der Waals surface area contributed by atoms with Gasteiger partial charge in [0.15, 0.2) is 0 Å². The lowest BCUT2D eigenvalue weighted by atomic mass is 10.0. The first-order valence-electron chi connectivity index (χ1n) is 6.16. The second-order valence-electron chi connectivity index (χ2n) is 4.44. The maximum Gasteiger partial charge on any atom is 0.410 e. The quantitative estimate of drug-likeness (QED) is 0.756. The highest BCUT2D eigenvalue weighted by atomic mass is 19.4. The molecule has 1 aliphatic heterocycles. The second kappa shape index (κ2) is 5.77. The van der Waals surface area contributed by atoms with Gasteiger partial charge in [0.25, 0.3) is 0 Å². The van der Waals surface area contributed by atoms with Crippen LogP contribution in [0.25, 0.3) is 0 Å². The Balaban J connectivity index is 2.99. The summed E-state index contributed by atoms with van der Waals surface area (Å²) in [7, 11) is 0. The van der Waals surface area contributed by atoms with E-state index in [2.05, 4.69) is 0 Å². The fraction of sp³-hybridized carbons (Fsp3) is 0.818. The van der Waals surface area contributed by atoms with Crippen LogP contribution in [0.2, 0.25) is 0 Å². The third-order valence-electron chi connectivity index (χ3n) is 3.27. The average Bonchev–Trinajstić information content (AvgIpc) is 2.33. The van der Waals surface area contributed by atoms with Gasteiger partial charge in [0, 0.05) is 25.7 Å². The first kappa shape index (κ1) is 15.7. The number of carbonyl (C=O) groups is 2. The highest BCUT2D eigenvalue weighted by molar-refractivity contribution is 6.35. The van der Waals surface area contributed by atoms with Crippen LogP contribution in [0.5, 0.6) is 0 Å². The van der Waals surface area contributed by atoms with Gasteiger partial charge in [-0.05, 0) is 13.3 Å². The number of carbonyl (C=O) groups excluding carboxylic acids is 2. The number of nitrogens with zero attached hydrogens (tertiary/aromatic N) is 2. The van der Waals surface area contributed by atoms with Crippen molar-refractivity contribution in [3.05, 3.63) is 0 Å².